The molecule has 0 fully saturated rings. The van der Waals surface area contributed by atoms with Gasteiger partial charge in [0.2, 0.25) is 5.91 Å². The lowest BCUT2D eigenvalue weighted by Gasteiger charge is -2.09. The van der Waals surface area contributed by atoms with Crippen molar-refractivity contribution in [2.75, 3.05) is 17.7 Å². The van der Waals surface area contributed by atoms with Crippen LogP contribution in [-0.2, 0) is 14.3 Å². The minimum Gasteiger partial charge on any atom is -0.452 e. The van der Waals surface area contributed by atoms with E-state index in [1.807, 2.05) is 0 Å². The van der Waals surface area contributed by atoms with E-state index in [9.17, 15) is 18.8 Å². The quantitative estimate of drug-likeness (QED) is 0.581. The van der Waals surface area contributed by atoms with Crippen LogP contribution in [0, 0.1) is 5.82 Å². The van der Waals surface area contributed by atoms with Crippen molar-refractivity contribution < 1.29 is 23.5 Å². The van der Waals surface area contributed by atoms with E-state index < -0.39 is 24.3 Å². The minimum atomic E-state index is -0.753. The van der Waals surface area contributed by atoms with Crippen molar-refractivity contribution in [3.63, 3.8) is 0 Å². The summed E-state index contributed by atoms with van der Waals surface area (Å²) in [4.78, 5) is 35.1. The van der Waals surface area contributed by atoms with Gasteiger partial charge in [-0.3, -0.25) is 9.59 Å². The molecular weight excluding hydrogens is 347 g/mol. The Bertz CT molecular complexity index is 780. The monoisotopic (exact) mass is 362 g/mol. The van der Waals surface area contributed by atoms with Gasteiger partial charge in [-0.25, -0.2) is 9.18 Å². The predicted molar refractivity (Wildman–Crippen MR) is 91.7 cm³/mol. The van der Waals surface area contributed by atoms with Crippen LogP contribution >= 0.6 is 11.8 Å². The fourth-order valence-electron chi connectivity index (χ4n) is 1.85. The Morgan fingerprint density at radius 3 is 2.44 bits per heavy atom. The highest BCUT2D eigenvalue weighted by Gasteiger charge is 2.15. The van der Waals surface area contributed by atoms with Gasteiger partial charge in [-0.15, -0.1) is 11.8 Å². The van der Waals surface area contributed by atoms with Crippen LogP contribution in [-0.4, -0.2) is 30.1 Å². The van der Waals surface area contributed by atoms with Gasteiger partial charge in [-0.2, -0.15) is 0 Å². The summed E-state index contributed by atoms with van der Waals surface area (Å²) in [5.41, 5.74) is 5.65. The van der Waals surface area contributed by atoms with Crippen LogP contribution in [0.25, 0.3) is 0 Å². The van der Waals surface area contributed by atoms with Crippen LogP contribution in [0.4, 0.5) is 10.1 Å². The Kier molecular flexibility index (Phi) is 6.53. The van der Waals surface area contributed by atoms with E-state index in [2.05, 4.69) is 5.32 Å². The summed E-state index contributed by atoms with van der Waals surface area (Å²) in [5, 5.41) is 2.62. The van der Waals surface area contributed by atoms with Gasteiger partial charge in [0.25, 0.3) is 5.91 Å². The molecule has 0 aliphatic rings. The van der Waals surface area contributed by atoms with Gasteiger partial charge in [0.05, 0.1) is 11.3 Å². The summed E-state index contributed by atoms with van der Waals surface area (Å²) in [5.74, 6) is -2.11. The zero-order valence-corrected chi connectivity index (χ0v) is 13.8. The Labute approximate surface area is 147 Å². The molecule has 3 N–H and O–H groups in total. The number of primary amides is 1. The number of carbonyl (C=O) groups is 3. The molecule has 0 radical (unpaired) electrons. The number of carbonyl (C=O) groups excluding carboxylic acids is 3. The summed E-state index contributed by atoms with van der Waals surface area (Å²) in [7, 11) is 0. The molecule has 0 bridgehead atoms. The molecule has 2 aromatic rings. The van der Waals surface area contributed by atoms with Crippen molar-refractivity contribution in [3.05, 3.63) is 59.9 Å². The summed E-state index contributed by atoms with van der Waals surface area (Å²) in [6, 6.07) is 11.9. The first-order valence-electron chi connectivity index (χ1n) is 7.18. The molecule has 6 nitrogen and oxygen atoms in total. The minimum absolute atomic E-state index is 0.0392. The van der Waals surface area contributed by atoms with Crippen molar-refractivity contribution >= 4 is 35.2 Å². The first-order chi connectivity index (χ1) is 12.0. The zero-order valence-electron chi connectivity index (χ0n) is 13.0. The second-order valence-corrected chi connectivity index (χ2v) is 5.90. The number of hydrogen-bond donors (Lipinski definition) is 2. The number of ether oxygens (including phenoxy) is 1. The molecule has 0 aliphatic carbocycles. The van der Waals surface area contributed by atoms with Gasteiger partial charge < -0.3 is 15.8 Å². The molecular formula is C17H15FN2O4S. The van der Waals surface area contributed by atoms with E-state index in [0.29, 0.717) is 10.6 Å². The van der Waals surface area contributed by atoms with Gasteiger partial charge in [-0.1, -0.05) is 12.1 Å². The second kappa shape index (κ2) is 8.84. The largest absolute Gasteiger partial charge is 0.452 e. The highest BCUT2D eigenvalue weighted by Crippen LogP contribution is 2.23. The van der Waals surface area contributed by atoms with Gasteiger partial charge >= 0.3 is 5.97 Å². The summed E-state index contributed by atoms with van der Waals surface area (Å²) in [6.45, 7) is -0.511. The standard InChI is InChI=1S/C17H15FN2O4S/c18-11-5-7-12(8-6-11)20-16(22)10-25-14-4-2-1-3-13(14)17(23)24-9-15(19)21/h1-8H,9-10H2,(H2,19,21)(H,20,22). The maximum atomic E-state index is 12.8. The van der Waals surface area contributed by atoms with E-state index in [0.717, 1.165) is 11.8 Å². The van der Waals surface area contributed by atoms with Crippen molar-refractivity contribution in [2.45, 2.75) is 4.90 Å². The predicted octanol–water partition coefficient (Wildman–Crippen LogP) is 2.20. The number of benzene rings is 2. The molecule has 2 rings (SSSR count). The Morgan fingerprint density at radius 2 is 1.76 bits per heavy atom. The normalized spacial score (nSPS) is 10.1. The van der Waals surface area contributed by atoms with Gasteiger partial charge in [0, 0.05) is 10.6 Å². The van der Waals surface area contributed by atoms with Crippen LogP contribution in [0.2, 0.25) is 0 Å². The van der Waals surface area contributed by atoms with Crippen LogP contribution in [0.1, 0.15) is 10.4 Å². The van der Waals surface area contributed by atoms with Crippen LogP contribution < -0.4 is 11.1 Å². The van der Waals surface area contributed by atoms with E-state index in [1.165, 1.54) is 30.3 Å². The number of rotatable bonds is 7. The Balaban J connectivity index is 1.95. The highest BCUT2D eigenvalue weighted by molar-refractivity contribution is 8.00. The first kappa shape index (κ1) is 18.5. The molecule has 0 atom stereocenters. The van der Waals surface area contributed by atoms with Crippen LogP contribution in [0.5, 0.6) is 0 Å². The van der Waals surface area contributed by atoms with Crippen molar-refractivity contribution in [2.24, 2.45) is 5.73 Å². The topological polar surface area (TPSA) is 98.5 Å². The first-order valence-corrected chi connectivity index (χ1v) is 8.17. The van der Waals surface area contributed by atoms with E-state index in [-0.39, 0.29) is 17.2 Å². The Morgan fingerprint density at radius 1 is 1.08 bits per heavy atom. The molecule has 8 heteroatoms. The Hall–Kier alpha value is -2.87. The van der Waals surface area contributed by atoms with Gasteiger partial charge in [-0.05, 0) is 36.4 Å². The molecule has 0 spiro atoms. The summed E-state index contributed by atoms with van der Waals surface area (Å²) in [6.07, 6.45) is 0. The number of hydrogen-bond acceptors (Lipinski definition) is 5. The number of nitrogens with one attached hydrogen (secondary N) is 1. The number of nitrogens with two attached hydrogens (primary N) is 1. The molecule has 0 aliphatic heterocycles. The summed E-state index contributed by atoms with van der Waals surface area (Å²) < 4.78 is 17.6. The maximum Gasteiger partial charge on any atom is 0.339 e. The fourth-order valence-corrected chi connectivity index (χ4v) is 2.69. The maximum absolute atomic E-state index is 12.8. The van der Waals surface area contributed by atoms with Crippen molar-refractivity contribution in [3.8, 4) is 0 Å². The number of esters is 1. The molecule has 0 aromatic heterocycles. The van der Waals surface area contributed by atoms with Crippen LogP contribution in [0.15, 0.2) is 53.4 Å². The SMILES string of the molecule is NC(=O)COC(=O)c1ccccc1SCC(=O)Nc1ccc(F)cc1. The van der Waals surface area contributed by atoms with Gasteiger partial charge in [0.1, 0.15) is 5.82 Å². The van der Waals surface area contributed by atoms with E-state index in [4.69, 9.17) is 10.5 Å². The van der Waals surface area contributed by atoms with Crippen molar-refractivity contribution in [1.82, 2.24) is 0 Å². The number of halogens is 1. The third kappa shape index (κ3) is 5.92. The van der Waals surface area contributed by atoms with Crippen LogP contribution in [0.3, 0.4) is 0 Å². The fraction of sp³-hybridized carbons (Fsp3) is 0.118. The molecule has 130 valence electrons. The van der Waals surface area contributed by atoms with E-state index in [1.54, 1.807) is 18.2 Å². The third-order valence-corrected chi connectivity index (χ3v) is 4.01. The molecule has 25 heavy (non-hydrogen) atoms. The molecule has 2 aromatic carbocycles. The third-order valence-electron chi connectivity index (χ3n) is 2.94. The summed E-state index contributed by atoms with van der Waals surface area (Å²) >= 11 is 1.14. The van der Waals surface area contributed by atoms with Crippen molar-refractivity contribution in [1.29, 1.82) is 0 Å². The number of anilines is 1. The molecule has 0 unspecified atom stereocenters. The molecule has 0 saturated carbocycles. The molecule has 0 heterocycles. The van der Waals surface area contributed by atoms with E-state index >= 15 is 0 Å². The number of thioether (sulfide) groups is 1. The highest BCUT2D eigenvalue weighted by atomic mass is 32.2. The smallest absolute Gasteiger partial charge is 0.339 e. The second-order valence-electron chi connectivity index (χ2n) is 4.88. The average Bonchev–Trinajstić information content (AvgIpc) is 2.60. The van der Waals surface area contributed by atoms with Gasteiger partial charge in [0.15, 0.2) is 6.61 Å². The lowest BCUT2D eigenvalue weighted by Crippen LogP contribution is -2.21. The lowest BCUT2D eigenvalue weighted by molar-refractivity contribution is -0.121. The zero-order chi connectivity index (χ0) is 18.2. The molecule has 2 amide bonds. The molecule has 0 saturated heterocycles. The number of amides is 2. The average molecular weight is 362 g/mol. The lowest BCUT2D eigenvalue weighted by atomic mass is 10.2.